The van der Waals surface area contributed by atoms with E-state index in [4.69, 9.17) is 5.73 Å². The summed E-state index contributed by atoms with van der Waals surface area (Å²) in [6, 6.07) is 6.02. The minimum Gasteiger partial charge on any atom is -0.396 e. The molecular formula is C13H14BrN3. The molecule has 0 saturated carbocycles. The molecule has 0 aliphatic rings. The molecule has 0 amide bonds. The Kier molecular flexibility index (Phi) is 3.33. The Morgan fingerprint density at radius 2 is 1.88 bits per heavy atom. The summed E-state index contributed by atoms with van der Waals surface area (Å²) in [6.45, 7) is 4.14. The third-order valence-corrected chi connectivity index (χ3v) is 3.82. The lowest BCUT2D eigenvalue weighted by molar-refractivity contribution is 1.31. The first-order valence-electron chi connectivity index (χ1n) is 5.31. The van der Waals surface area contributed by atoms with E-state index in [-0.39, 0.29) is 0 Å². The number of nitrogens with two attached hydrogens (primary N) is 1. The van der Waals surface area contributed by atoms with Crippen LogP contribution in [0.5, 0.6) is 0 Å². The summed E-state index contributed by atoms with van der Waals surface area (Å²) in [5.74, 6) is 0. The molecule has 17 heavy (non-hydrogen) atoms. The Morgan fingerprint density at radius 3 is 2.47 bits per heavy atom. The SMILES string of the molecule is Cc1cc(Nc2ccncc2N)cc(C)c1Br. The molecule has 1 heterocycles. The van der Waals surface area contributed by atoms with Crippen molar-refractivity contribution in [2.75, 3.05) is 11.1 Å². The number of rotatable bonds is 2. The molecule has 1 aromatic carbocycles. The van der Waals surface area contributed by atoms with Crippen LogP contribution in [0.25, 0.3) is 0 Å². The van der Waals surface area contributed by atoms with E-state index >= 15 is 0 Å². The number of benzene rings is 1. The van der Waals surface area contributed by atoms with Crippen LogP contribution < -0.4 is 11.1 Å². The summed E-state index contributed by atoms with van der Waals surface area (Å²) in [6.07, 6.45) is 3.36. The Balaban J connectivity index is 2.34. The molecule has 2 aromatic rings. The van der Waals surface area contributed by atoms with Gasteiger partial charge in [0.15, 0.2) is 0 Å². The van der Waals surface area contributed by atoms with E-state index in [9.17, 15) is 0 Å². The van der Waals surface area contributed by atoms with Crippen LogP contribution in [0.1, 0.15) is 11.1 Å². The summed E-state index contributed by atoms with van der Waals surface area (Å²) < 4.78 is 1.14. The number of pyridine rings is 1. The zero-order valence-corrected chi connectivity index (χ0v) is 11.4. The largest absolute Gasteiger partial charge is 0.396 e. The predicted molar refractivity (Wildman–Crippen MR) is 75.5 cm³/mol. The van der Waals surface area contributed by atoms with Gasteiger partial charge in [0.05, 0.1) is 17.6 Å². The van der Waals surface area contributed by atoms with Crippen LogP contribution in [0, 0.1) is 13.8 Å². The summed E-state index contributed by atoms with van der Waals surface area (Å²) >= 11 is 3.55. The minimum absolute atomic E-state index is 0.644. The molecule has 3 N–H and O–H groups in total. The monoisotopic (exact) mass is 291 g/mol. The number of anilines is 3. The number of nitrogen functional groups attached to an aromatic ring is 1. The standard InChI is InChI=1S/C13H14BrN3/c1-8-5-10(6-9(2)13(8)14)17-12-3-4-16-7-11(12)15/h3-7H,15H2,1-2H3,(H,16,17). The second kappa shape index (κ2) is 4.75. The topological polar surface area (TPSA) is 50.9 Å². The molecule has 88 valence electrons. The van der Waals surface area contributed by atoms with Gasteiger partial charge in [-0.1, -0.05) is 15.9 Å². The third-order valence-electron chi connectivity index (χ3n) is 2.57. The molecule has 2 rings (SSSR count). The molecule has 0 unspecified atom stereocenters. The summed E-state index contributed by atoms with van der Waals surface area (Å²) in [5, 5.41) is 3.30. The molecule has 0 spiro atoms. The highest BCUT2D eigenvalue weighted by Crippen LogP contribution is 2.28. The van der Waals surface area contributed by atoms with Crippen LogP contribution >= 0.6 is 15.9 Å². The maximum absolute atomic E-state index is 5.84. The van der Waals surface area contributed by atoms with Gasteiger partial charge < -0.3 is 11.1 Å². The second-order valence-corrected chi connectivity index (χ2v) is 4.80. The summed E-state index contributed by atoms with van der Waals surface area (Å²) in [4.78, 5) is 3.96. The van der Waals surface area contributed by atoms with Crippen molar-refractivity contribution < 1.29 is 0 Å². The van der Waals surface area contributed by atoms with Crippen molar-refractivity contribution in [2.24, 2.45) is 0 Å². The first kappa shape index (κ1) is 11.9. The molecule has 0 saturated heterocycles. The summed E-state index contributed by atoms with van der Waals surface area (Å²) in [5.41, 5.74) is 10.8. The van der Waals surface area contributed by atoms with Crippen molar-refractivity contribution >= 4 is 33.0 Å². The van der Waals surface area contributed by atoms with Gasteiger partial charge in [-0.25, -0.2) is 0 Å². The van der Waals surface area contributed by atoms with Crippen molar-refractivity contribution in [3.63, 3.8) is 0 Å². The number of hydrogen-bond donors (Lipinski definition) is 2. The molecular weight excluding hydrogens is 278 g/mol. The van der Waals surface area contributed by atoms with Gasteiger partial charge in [0, 0.05) is 16.4 Å². The third kappa shape index (κ3) is 2.58. The van der Waals surface area contributed by atoms with Gasteiger partial charge in [-0.15, -0.1) is 0 Å². The van der Waals surface area contributed by atoms with Crippen LogP contribution in [0.15, 0.2) is 35.1 Å². The molecule has 0 fully saturated rings. The molecule has 0 radical (unpaired) electrons. The van der Waals surface area contributed by atoms with Crippen molar-refractivity contribution in [3.8, 4) is 0 Å². The number of aromatic nitrogens is 1. The average molecular weight is 292 g/mol. The number of nitrogens with zero attached hydrogens (tertiary/aromatic N) is 1. The van der Waals surface area contributed by atoms with Crippen molar-refractivity contribution in [1.29, 1.82) is 0 Å². The molecule has 0 bridgehead atoms. The van der Waals surface area contributed by atoms with Gasteiger partial charge in [0.1, 0.15) is 0 Å². The summed E-state index contributed by atoms with van der Waals surface area (Å²) in [7, 11) is 0. The highest BCUT2D eigenvalue weighted by atomic mass is 79.9. The van der Waals surface area contributed by atoms with E-state index in [2.05, 4.69) is 52.2 Å². The Labute approximate surface area is 109 Å². The van der Waals surface area contributed by atoms with Gasteiger partial charge in [-0.2, -0.15) is 0 Å². The Morgan fingerprint density at radius 1 is 1.24 bits per heavy atom. The van der Waals surface area contributed by atoms with Gasteiger partial charge in [-0.05, 0) is 43.2 Å². The fourth-order valence-corrected chi connectivity index (χ4v) is 1.92. The lowest BCUT2D eigenvalue weighted by atomic mass is 10.1. The maximum atomic E-state index is 5.84. The quantitative estimate of drug-likeness (QED) is 0.885. The van der Waals surface area contributed by atoms with E-state index in [0.717, 1.165) is 15.8 Å². The predicted octanol–water partition coefficient (Wildman–Crippen LogP) is 3.79. The van der Waals surface area contributed by atoms with Crippen molar-refractivity contribution in [2.45, 2.75) is 13.8 Å². The average Bonchev–Trinajstić information content (AvgIpc) is 2.29. The van der Waals surface area contributed by atoms with E-state index < -0.39 is 0 Å². The van der Waals surface area contributed by atoms with Gasteiger partial charge >= 0.3 is 0 Å². The normalized spacial score (nSPS) is 10.3. The van der Waals surface area contributed by atoms with E-state index in [1.54, 1.807) is 12.4 Å². The molecule has 3 nitrogen and oxygen atoms in total. The molecule has 0 atom stereocenters. The molecule has 4 heteroatoms. The lowest BCUT2D eigenvalue weighted by Gasteiger charge is -2.11. The number of aryl methyl sites for hydroxylation is 2. The van der Waals surface area contributed by atoms with Crippen molar-refractivity contribution in [3.05, 3.63) is 46.2 Å². The van der Waals surface area contributed by atoms with Gasteiger partial charge in [0.2, 0.25) is 0 Å². The van der Waals surface area contributed by atoms with Crippen LogP contribution in [0.4, 0.5) is 17.1 Å². The van der Waals surface area contributed by atoms with Crippen LogP contribution in [-0.2, 0) is 0 Å². The van der Waals surface area contributed by atoms with E-state index in [0.29, 0.717) is 5.69 Å². The van der Waals surface area contributed by atoms with Gasteiger partial charge in [0.25, 0.3) is 0 Å². The van der Waals surface area contributed by atoms with Crippen LogP contribution in [0.3, 0.4) is 0 Å². The highest BCUT2D eigenvalue weighted by molar-refractivity contribution is 9.10. The lowest BCUT2D eigenvalue weighted by Crippen LogP contribution is -1.97. The van der Waals surface area contributed by atoms with E-state index in [1.807, 2.05) is 6.07 Å². The zero-order valence-electron chi connectivity index (χ0n) is 9.79. The first-order valence-corrected chi connectivity index (χ1v) is 6.10. The first-order chi connectivity index (χ1) is 8.08. The second-order valence-electron chi connectivity index (χ2n) is 4.01. The fraction of sp³-hybridized carbons (Fsp3) is 0.154. The zero-order chi connectivity index (χ0) is 12.4. The molecule has 1 aromatic heterocycles. The molecule has 0 aliphatic heterocycles. The van der Waals surface area contributed by atoms with Gasteiger partial charge in [-0.3, -0.25) is 4.98 Å². The number of hydrogen-bond acceptors (Lipinski definition) is 3. The fourth-order valence-electron chi connectivity index (χ4n) is 1.69. The van der Waals surface area contributed by atoms with Crippen LogP contribution in [0.2, 0.25) is 0 Å². The maximum Gasteiger partial charge on any atom is 0.0739 e. The highest BCUT2D eigenvalue weighted by Gasteiger charge is 2.04. The smallest absolute Gasteiger partial charge is 0.0739 e. The van der Waals surface area contributed by atoms with Crippen molar-refractivity contribution in [1.82, 2.24) is 4.98 Å². The van der Waals surface area contributed by atoms with Crippen LogP contribution in [-0.4, -0.2) is 4.98 Å². The number of nitrogens with one attached hydrogen (secondary N) is 1. The Bertz CT molecular complexity index is 529. The minimum atomic E-state index is 0.644. The molecule has 0 aliphatic carbocycles. The Hall–Kier alpha value is -1.55. The van der Waals surface area contributed by atoms with E-state index in [1.165, 1.54) is 11.1 Å². The number of halogens is 1.